The second-order valence-corrected chi connectivity index (χ2v) is 5.54. The molecule has 0 aromatic heterocycles. The molecule has 0 aliphatic heterocycles. The summed E-state index contributed by atoms with van der Waals surface area (Å²) in [6.07, 6.45) is 0.385. The number of thioether (sulfide) groups is 1. The summed E-state index contributed by atoms with van der Waals surface area (Å²) in [4.78, 5) is 10.5. The molecule has 0 heterocycles. The Bertz CT molecular complexity index is 403. The van der Waals surface area contributed by atoms with Crippen molar-refractivity contribution in [2.75, 3.05) is 5.75 Å². The van der Waals surface area contributed by atoms with Crippen molar-refractivity contribution in [1.82, 2.24) is 0 Å². The fraction of sp³-hybridized carbons (Fsp3) is 0.364. The van der Waals surface area contributed by atoms with Crippen LogP contribution in [-0.2, 0) is 10.5 Å². The number of carboxylic acids is 1. The first kappa shape index (κ1) is 14.5. The van der Waals surface area contributed by atoms with Crippen LogP contribution in [0.2, 0.25) is 0 Å². The Morgan fingerprint density at radius 3 is 2.94 bits per heavy atom. The molecule has 1 atom stereocenters. The number of halogens is 2. The third-order valence-electron chi connectivity index (χ3n) is 2.16. The molecule has 0 spiro atoms. The Hall–Kier alpha value is -0.590. The lowest BCUT2D eigenvalue weighted by Gasteiger charge is -2.06. The minimum atomic E-state index is -1.00. The van der Waals surface area contributed by atoms with Crippen molar-refractivity contribution in [3.63, 3.8) is 0 Å². The van der Waals surface area contributed by atoms with E-state index in [1.54, 1.807) is 12.1 Å². The molecule has 0 aliphatic carbocycles. The lowest BCUT2D eigenvalue weighted by atomic mass is 10.2. The summed E-state index contributed by atoms with van der Waals surface area (Å²) in [6, 6.07) is 3.93. The van der Waals surface area contributed by atoms with Crippen molar-refractivity contribution >= 4 is 33.7 Å². The summed E-state index contributed by atoms with van der Waals surface area (Å²) in [5, 5.41) is 8.58. The van der Waals surface area contributed by atoms with Crippen LogP contribution in [-0.4, -0.2) is 22.9 Å². The van der Waals surface area contributed by atoms with Gasteiger partial charge in [0.2, 0.25) is 0 Å². The number of benzene rings is 1. The predicted octanol–water partition coefficient (Wildman–Crippen LogP) is 2.62. The summed E-state index contributed by atoms with van der Waals surface area (Å²) >= 11 is 4.74. The van der Waals surface area contributed by atoms with E-state index in [2.05, 4.69) is 15.9 Å². The van der Waals surface area contributed by atoms with Crippen LogP contribution in [0.5, 0.6) is 0 Å². The molecule has 1 unspecified atom stereocenters. The molecule has 3 nitrogen and oxygen atoms in total. The first-order chi connectivity index (χ1) is 8.00. The van der Waals surface area contributed by atoms with Gasteiger partial charge < -0.3 is 10.8 Å². The minimum absolute atomic E-state index is 0.247. The first-order valence-corrected chi connectivity index (χ1v) is 6.95. The van der Waals surface area contributed by atoms with Crippen molar-refractivity contribution in [3.05, 3.63) is 34.1 Å². The molecule has 3 N–H and O–H groups in total. The van der Waals surface area contributed by atoms with Gasteiger partial charge in [-0.05, 0) is 35.9 Å². The number of aliphatic carboxylic acids is 1. The molecular formula is C11H13BrFNO2S. The monoisotopic (exact) mass is 321 g/mol. The van der Waals surface area contributed by atoms with Crippen LogP contribution < -0.4 is 5.73 Å². The van der Waals surface area contributed by atoms with Gasteiger partial charge in [0, 0.05) is 10.2 Å². The zero-order valence-corrected chi connectivity index (χ0v) is 11.4. The van der Waals surface area contributed by atoms with Crippen LogP contribution in [0, 0.1) is 5.82 Å². The molecule has 0 radical (unpaired) electrons. The summed E-state index contributed by atoms with van der Waals surface area (Å²) in [6.45, 7) is 0. The lowest BCUT2D eigenvalue weighted by molar-refractivity contribution is -0.138. The molecule has 0 bridgehead atoms. The normalized spacial score (nSPS) is 12.4. The second-order valence-electron chi connectivity index (χ2n) is 3.52. The zero-order valence-electron chi connectivity index (χ0n) is 9.03. The topological polar surface area (TPSA) is 63.3 Å². The third kappa shape index (κ3) is 5.06. The number of nitrogens with two attached hydrogens (primary N) is 1. The lowest BCUT2D eigenvalue weighted by Crippen LogP contribution is -2.30. The van der Waals surface area contributed by atoms with Gasteiger partial charge in [0.15, 0.2) is 0 Å². The Kier molecular flexibility index (Phi) is 5.94. The van der Waals surface area contributed by atoms with Gasteiger partial charge in [-0.2, -0.15) is 11.8 Å². The van der Waals surface area contributed by atoms with Gasteiger partial charge in [0.25, 0.3) is 0 Å². The zero-order chi connectivity index (χ0) is 12.8. The molecule has 1 aromatic rings. The Morgan fingerprint density at radius 1 is 1.59 bits per heavy atom. The Balaban J connectivity index is 2.36. The van der Waals surface area contributed by atoms with Crippen LogP contribution in [0.15, 0.2) is 22.7 Å². The highest BCUT2D eigenvalue weighted by Crippen LogP contribution is 2.20. The van der Waals surface area contributed by atoms with E-state index in [-0.39, 0.29) is 5.82 Å². The maximum atomic E-state index is 13.3. The van der Waals surface area contributed by atoms with Gasteiger partial charge in [-0.1, -0.05) is 15.9 Å². The fourth-order valence-electron chi connectivity index (χ4n) is 1.17. The molecule has 94 valence electrons. The number of rotatable bonds is 6. The van der Waals surface area contributed by atoms with Crippen molar-refractivity contribution < 1.29 is 14.3 Å². The number of carbonyl (C=O) groups is 1. The standard InChI is InChI=1S/C11H13BrFNO2S/c12-8-1-2-9(13)7(5-8)6-17-4-3-10(14)11(15)16/h1-2,5,10H,3-4,6,14H2,(H,15,16). The van der Waals surface area contributed by atoms with Gasteiger partial charge in [-0.25, -0.2) is 4.39 Å². The number of hydrogen-bond donors (Lipinski definition) is 2. The van der Waals surface area contributed by atoms with Crippen molar-refractivity contribution in [2.45, 2.75) is 18.2 Å². The summed E-state index contributed by atoms with van der Waals surface area (Å²) < 4.78 is 14.2. The van der Waals surface area contributed by atoms with Gasteiger partial charge in [-0.3, -0.25) is 4.79 Å². The van der Waals surface area contributed by atoms with Gasteiger partial charge in [0.05, 0.1) is 0 Å². The van der Waals surface area contributed by atoms with E-state index < -0.39 is 12.0 Å². The molecule has 6 heteroatoms. The maximum Gasteiger partial charge on any atom is 0.320 e. The molecule has 17 heavy (non-hydrogen) atoms. The molecule has 0 aliphatic rings. The molecule has 0 saturated carbocycles. The van der Waals surface area contributed by atoms with E-state index in [9.17, 15) is 9.18 Å². The van der Waals surface area contributed by atoms with Gasteiger partial charge >= 0.3 is 5.97 Å². The largest absolute Gasteiger partial charge is 0.480 e. The van der Waals surface area contributed by atoms with Crippen LogP contribution in [0.1, 0.15) is 12.0 Å². The third-order valence-corrected chi connectivity index (χ3v) is 3.69. The van der Waals surface area contributed by atoms with E-state index >= 15 is 0 Å². The minimum Gasteiger partial charge on any atom is -0.480 e. The van der Waals surface area contributed by atoms with E-state index in [4.69, 9.17) is 10.8 Å². The molecule has 1 aromatic carbocycles. The Morgan fingerprint density at radius 2 is 2.29 bits per heavy atom. The summed E-state index contributed by atoms with van der Waals surface area (Å²) in [5.74, 6) is -0.140. The highest BCUT2D eigenvalue weighted by molar-refractivity contribution is 9.10. The maximum absolute atomic E-state index is 13.3. The van der Waals surface area contributed by atoms with E-state index in [1.807, 2.05) is 0 Å². The average Bonchev–Trinajstić information content (AvgIpc) is 2.28. The van der Waals surface area contributed by atoms with Crippen molar-refractivity contribution in [3.8, 4) is 0 Å². The van der Waals surface area contributed by atoms with Crippen molar-refractivity contribution in [1.29, 1.82) is 0 Å². The number of hydrogen-bond acceptors (Lipinski definition) is 3. The smallest absolute Gasteiger partial charge is 0.320 e. The molecule has 0 amide bonds. The van der Waals surface area contributed by atoms with E-state index in [1.165, 1.54) is 17.8 Å². The van der Waals surface area contributed by atoms with Crippen LogP contribution in [0.4, 0.5) is 4.39 Å². The molecule has 1 rings (SSSR count). The Labute approximate surface area is 112 Å². The SMILES string of the molecule is NC(CCSCc1cc(Br)ccc1F)C(=O)O. The highest BCUT2D eigenvalue weighted by atomic mass is 79.9. The molecule has 0 fully saturated rings. The van der Waals surface area contributed by atoms with Crippen LogP contribution in [0.25, 0.3) is 0 Å². The fourth-order valence-corrected chi connectivity index (χ4v) is 2.58. The molecule has 0 saturated heterocycles. The van der Waals surface area contributed by atoms with Crippen LogP contribution >= 0.6 is 27.7 Å². The molecular weight excluding hydrogens is 309 g/mol. The predicted molar refractivity (Wildman–Crippen MR) is 70.5 cm³/mol. The number of carboxylic acid groups (broad SMARTS) is 1. The van der Waals surface area contributed by atoms with Gasteiger partial charge in [0.1, 0.15) is 11.9 Å². The van der Waals surface area contributed by atoms with E-state index in [0.717, 1.165) is 4.47 Å². The van der Waals surface area contributed by atoms with E-state index in [0.29, 0.717) is 23.5 Å². The summed E-state index contributed by atoms with van der Waals surface area (Å²) in [5.41, 5.74) is 5.96. The van der Waals surface area contributed by atoms with Crippen LogP contribution in [0.3, 0.4) is 0 Å². The first-order valence-electron chi connectivity index (χ1n) is 5.00. The highest BCUT2D eigenvalue weighted by Gasteiger charge is 2.10. The average molecular weight is 322 g/mol. The van der Waals surface area contributed by atoms with Crippen molar-refractivity contribution in [2.24, 2.45) is 5.73 Å². The second kappa shape index (κ2) is 6.98. The van der Waals surface area contributed by atoms with Gasteiger partial charge in [-0.15, -0.1) is 0 Å². The summed E-state index contributed by atoms with van der Waals surface area (Å²) in [7, 11) is 0. The quantitative estimate of drug-likeness (QED) is 0.790.